The fraction of sp³-hybridized carbons (Fsp3) is 0.231. The van der Waals surface area contributed by atoms with Crippen LogP contribution in [0.2, 0.25) is 0 Å². The van der Waals surface area contributed by atoms with Gasteiger partial charge in [-0.1, -0.05) is 48.5 Å². The fourth-order valence-corrected chi connectivity index (χ4v) is 4.94. The molecule has 1 saturated heterocycles. The molecule has 3 aromatic carbocycles. The quantitative estimate of drug-likeness (QED) is 0.458. The number of anilines is 2. The van der Waals surface area contributed by atoms with E-state index < -0.39 is 10.0 Å². The monoisotopic (exact) mass is 524 g/mol. The van der Waals surface area contributed by atoms with E-state index in [4.69, 9.17) is 17.0 Å². The molecular formula is C26H28N4O4S2. The van der Waals surface area contributed by atoms with Crippen LogP contribution in [-0.4, -0.2) is 56.2 Å². The Morgan fingerprint density at radius 1 is 0.944 bits per heavy atom. The van der Waals surface area contributed by atoms with Crippen molar-refractivity contribution in [3.05, 3.63) is 90.0 Å². The molecule has 36 heavy (non-hydrogen) atoms. The second-order valence-electron chi connectivity index (χ2n) is 8.38. The van der Waals surface area contributed by atoms with E-state index in [2.05, 4.69) is 15.5 Å². The Morgan fingerprint density at radius 3 is 2.36 bits per heavy atom. The van der Waals surface area contributed by atoms with Crippen molar-refractivity contribution in [1.82, 2.24) is 9.62 Å². The molecule has 0 atom stereocenters. The lowest BCUT2D eigenvalue weighted by atomic mass is 10.2. The third-order valence-electron chi connectivity index (χ3n) is 5.77. The second kappa shape index (κ2) is 11.5. The van der Waals surface area contributed by atoms with E-state index in [1.807, 2.05) is 54.6 Å². The molecule has 2 N–H and O–H groups in total. The van der Waals surface area contributed by atoms with Gasteiger partial charge in [-0.25, -0.2) is 8.42 Å². The predicted octanol–water partition coefficient (Wildman–Crippen LogP) is 3.47. The summed E-state index contributed by atoms with van der Waals surface area (Å²) in [6, 6.07) is 24.3. The highest BCUT2D eigenvalue weighted by atomic mass is 32.2. The van der Waals surface area contributed by atoms with Gasteiger partial charge in [0.2, 0.25) is 10.0 Å². The maximum absolute atomic E-state index is 12.8. The zero-order valence-electron chi connectivity index (χ0n) is 19.9. The number of nitrogens with one attached hydrogen (secondary N) is 2. The van der Waals surface area contributed by atoms with Crippen molar-refractivity contribution in [2.45, 2.75) is 6.61 Å². The van der Waals surface area contributed by atoms with Crippen LogP contribution in [0.1, 0.15) is 15.9 Å². The van der Waals surface area contributed by atoms with E-state index >= 15 is 0 Å². The SMILES string of the molecule is CS(=O)(=O)N1CCN(c2ccccc2NC(=S)NC(=O)c2cccc(OCc3ccccc3)c2)CC1. The smallest absolute Gasteiger partial charge is 0.257 e. The molecule has 1 aliphatic rings. The molecule has 10 heteroatoms. The topological polar surface area (TPSA) is 91.0 Å². The van der Waals surface area contributed by atoms with Gasteiger partial charge in [0.05, 0.1) is 17.6 Å². The second-order valence-corrected chi connectivity index (χ2v) is 10.8. The number of carbonyl (C=O) groups is 1. The third-order valence-corrected chi connectivity index (χ3v) is 7.28. The molecule has 0 spiro atoms. The van der Waals surface area contributed by atoms with E-state index in [1.54, 1.807) is 24.3 Å². The Labute approximate surface area is 216 Å². The number of ether oxygens (including phenoxy) is 1. The van der Waals surface area contributed by atoms with Gasteiger partial charge in [0.1, 0.15) is 12.4 Å². The molecule has 1 aliphatic heterocycles. The zero-order chi connectivity index (χ0) is 25.5. The first kappa shape index (κ1) is 25.6. The van der Waals surface area contributed by atoms with Crippen molar-refractivity contribution >= 4 is 44.6 Å². The summed E-state index contributed by atoms with van der Waals surface area (Å²) >= 11 is 5.41. The Hall–Kier alpha value is -3.47. The van der Waals surface area contributed by atoms with Crippen LogP contribution in [0.25, 0.3) is 0 Å². The van der Waals surface area contributed by atoms with Crippen molar-refractivity contribution in [3.63, 3.8) is 0 Å². The number of sulfonamides is 1. The van der Waals surface area contributed by atoms with Crippen LogP contribution in [0.5, 0.6) is 5.75 Å². The molecule has 188 valence electrons. The van der Waals surface area contributed by atoms with Gasteiger partial charge in [0.25, 0.3) is 5.91 Å². The summed E-state index contributed by atoms with van der Waals surface area (Å²) < 4.78 is 30.9. The highest BCUT2D eigenvalue weighted by Crippen LogP contribution is 2.27. The van der Waals surface area contributed by atoms with Crippen molar-refractivity contribution in [2.75, 3.05) is 42.7 Å². The number of rotatable bonds is 7. The number of benzene rings is 3. The number of hydrogen-bond donors (Lipinski definition) is 2. The van der Waals surface area contributed by atoms with Crippen LogP contribution in [-0.2, 0) is 16.6 Å². The van der Waals surface area contributed by atoms with Gasteiger partial charge in [-0.2, -0.15) is 4.31 Å². The van der Waals surface area contributed by atoms with Crippen LogP contribution >= 0.6 is 12.2 Å². The summed E-state index contributed by atoms with van der Waals surface area (Å²) in [5, 5.41) is 5.99. The van der Waals surface area contributed by atoms with Crippen LogP contribution in [0, 0.1) is 0 Å². The molecular weight excluding hydrogens is 496 g/mol. The Morgan fingerprint density at radius 2 is 1.64 bits per heavy atom. The van der Waals surface area contributed by atoms with Gasteiger partial charge in [-0.3, -0.25) is 10.1 Å². The molecule has 8 nitrogen and oxygen atoms in total. The Kier molecular flexibility index (Phi) is 8.19. The van der Waals surface area contributed by atoms with E-state index in [0.29, 0.717) is 44.1 Å². The lowest BCUT2D eigenvalue weighted by Gasteiger charge is -2.35. The maximum Gasteiger partial charge on any atom is 0.257 e. The largest absolute Gasteiger partial charge is 0.489 e. The van der Waals surface area contributed by atoms with E-state index in [0.717, 1.165) is 16.9 Å². The van der Waals surface area contributed by atoms with Crippen molar-refractivity contribution < 1.29 is 17.9 Å². The van der Waals surface area contributed by atoms with Crippen molar-refractivity contribution in [2.24, 2.45) is 0 Å². The van der Waals surface area contributed by atoms with Crippen LogP contribution in [0.4, 0.5) is 11.4 Å². The molecule has 0 saturated carbocycles. The summed E-state index contributed by atoms with van der Waals surface area (Å²) in [7, 11) is -3.21. The highest BCUT2D eigenvalue weighted by Gasteiger charge is 2.24. The normalized spacial score (nSPS) is 14.2. The fourth-order valence-electron chi connectivity index (χ4n) is 3.91. The minimum Gasteiger partial charge on any atom is -0.489 e. The number of amides is 1. The molecule has 0 aromatic heterocycles. The van der Waals surface area contributed by atoms with Gasteiger partial charge in [-0.05, 0) is 48.1 Å². The number of thiocarbonyl (C=S) groups is 1. The van der Waals surface area contributed by atoms with E-state index in [-0.39, 0.29) is 11.0 Å². The molecule has 1 heterocycles. The first-order valence-electron chi connectivity index (χ1n) is 11.5. The lowest BCUT2D eigenvalue weighted by Crippen LogP contribution is -2.48. The molecule has 0 aliphatic carbocycles. The lowest BCUT2D eigenvalue weighted by molar-refractivity contribution is 0.0977. The standard InChI is InChI=1S/C26H28N4O4S2/c1-36(32,33)30-16-14-29(15-17-30)24-13-6-5-12-23(24)27-26(35)28-25(31)21-10-7-11-22(18-21)34-19-20-8-3-2-4-9-20/h2-13,18H,14-17,19H2,1H3,(H2,27,28,31,35). The molecule has 0 unspecified atom stereocenters. The summed E-state index contributed by atoms with van der Waals surface area (Å²) in [6.45, 7) is 2.34. The Balaban J connectivity index is 1.36. The van der Waals surface area contributed by atoms with Gasteiger partial charge >= 0.3 is 0 Å². The number of nitrogens with zero attached hydrogens (tertiary/aromatic N) is 2. The maximum atomic E-state index is 12.8. The van der Waals surface area contributed by atoms with Crippen molar-refractivity contribution in [1.29, 1.82) is 0 Å². The third kappa shape index (κ3) is 6.81. The van der Waals surface area contributed by atoms with Gasteiger partial charge in [-0.15, -0.1) is 0 Å². The molecule has 1 amide bonds. The zero-order valence-corrected chi connectivity index (χ0v) is 21.5. The number of hydrogen-bond acceptors (Lipinski definition) is 6. The number of carbonyl (C=O) groups excluding carboxylic acids is 1. The number of piperazine rings is 1. The molecule has 0 bridgehead atoms. The first-order valence-corrected chi connectivity index (χ1v) is 13.7. The van der Waals surface area contributed by atoms with E-state index in [1.165, 1.54) is 10.6 Å². The number of para-hydroxylation sites is 2. The van der Waals surface area contributed by atoms with Gasteiger partial charge in [0.15, 0.2) is 5.11 Å². The van der Waals surface area contributed by atoms with Gasteiger partial charge in [0, 0.05) is 31.7 Å². The van der Waals surface area contributed by atoms with Crippen molar-refractivity contribution in [3.8, 4) is 5.75 Å². The average molecular weight is 525 g/mol. The summed E-state index contributed by atoms with van der Waals surface area (Å²) in [4.78, 5) is 14.9. The highest BCUT2D eigenvalue weighted by molar-refractivity contribution is 7.88. The Bertz CT molecular complexity index is 1320. The molecule has 3 aromatic rings. The summed E-state index contributed by atoms with van der Waals surface area (Å²) in [5.41, 5.74) is 3.08. The minimum absolute atomic E-state index is 0.165. The van der Waals surface area contributed by atoms with E-state index in [9.17, 15) is 13.2 Å². The summed E-state index contributed by atoms with van der Waals surface area (Å²) in [6.07, 6.45) is 1.23. The van der Waals surface area contributed by atoms with Crippen LogP contribution in [0.15, 0.2) is 78.9 Å². The van der Waals surface area contributed by atoms with Crippen LogP contribution in [0.3, 0.4) is 0 Å². The van der Waals surface area contributed by atoms with Crippen LogP contribution < -0.4 is 20.3 Å². The molecule has 1 fully saturated rings. The molecule has 0 radical (unpaired) electrons. The predicted molar refractivity (Wildman–Crippen MR) is 146 cm³/mol. The molecule has 4 rings (SSSR count). The first-order chi connectivity index (χ1) is 17.3. The average Bonchev–Trinajstić information content (AvgIpc) is 2.88. The summed E-state index contributed by atoms with van der Waals surface area (Å²) in [5.74, 6) is 0.237. The minimum atomic E-state index is -3.21. The van der Waals surface area contributed by atoms with Gasteiger partial charge < -0.3 is 15.0 Å².